The fourth-order valence-corrected chi connectivity index (χ4v) is 5.82. The summed E-state index contributed by atoms with van der Waals surface area (Å²) in [5, 5.41) is 5.91. The monoisotopic (exact) mass is 559 g/mol. The molecule has 0 aromatic carbocycles. The Hall–Kier alpha value is -3.22. The van der Waals surface area contributed by atoms with E-state index in [9.17, 15) is 19.2 Å². The van der Waals surface area contributed by atoms with Gasteiger partial charge in [0.2, 0.25) is 5.91 Å². The van der Waals surface area contributed by atoms with Crippen LogP contribution in [0.3, 0.4) is 0 Å². The first-order chi connectivity index (χ1) is 18.1. The molecule has 2 N–H and O–H groups in total. The number of hydrogen-bond acceptors (Lipinski definition) is 8. The van der Waals surface area contributed by atoms with E-state index in [4.69, 9.17) is 11.6 Å². The number of fused-ring (bicyclic) bond motifs is 1. The largest absolute Gasteiger partial charge is 0.349 e. The first-order valence-electron chi connectivity index (χ1n) is 12.3. The number of thiazole rings is 1. The highest BCUT2D eigenvalue weighted by Crippen LogP contribution is 2.30. The van der Waals surface area contributed by atoms with Crippen molar-refractivity contribution < 1.29 is 19.2 Å². The number of amides is 4. The zero-order chi connectivity index (χ0) is 27.4. The lowest BCUT2D eigenvalue weighted by Gasteiger charge is -2.34. The van der Waals surface area contributed by atoms with Crippen molar-refractivity contribution in [2.24, 2.45) is 16.8 Å². The topological polar surface area (TPSA) is 137 Å². The number of halogens is 1. The van der Waals surface area contributed by atoms with Gasteiger partial charge in [-0.05, 0) is 38.4 Å². The fraction of sp³-hybridized carbons (Fsp3) is 0.480. The molecule has 2 aromatic heterocycles. The van der Waals surface area contributed by atoms with Crippen LogP contribution in [0, 0.1) is 11.8 Å². The average Bonchev–Trinajstić information content (AvgIpc) is 3.32. The van der Waals surface area contributed by atoms with Crippen LogP contribution in [-0.2, 0) is 27.3 Å². The van der Waals surface area contributed by atoms with Crippen LogP contribution in [0.2, 0.25) is 5.02 Å². The number of aromatic nitrogens is 2. The maximum absolute atomic E-state index is 12.9. The average molecular weight is 560 g/mol. The number of anilines is 1. The fourth-order valence-electron chi connectivity index (χ4n) is 4.63. The molecule has 2 aromatic rings. The minimum absolute atomic E-state index is 0.0252. The molecule has 13 heteroatoms. The van der Waals surface area contributed by atoms with Crippen LogP contribution in [0.1, 0.15) is 39.6 Å². The molecule has 1 aliphatic heterocycles. The lowest BCUT2D eigenvalue weighted by Crippen LogP contribution is -2.49. The Balaban J connectivity index is 1.46. The lowest BCUT2D eigenvalue weighted by molar-refractivity contribution is -0.137. The van der Waals surface area contributed by atoms with Crippen molar-refractivity contribution >= 4 is 58.6 Å². The molecule has 1 aliphatic carbocycles. The molecule has 38 heavy (non-hydrogen) atoms. The molecule has 2 aliphatic rings. The minimum atomic E-state index is -0.878. The summed E-state index contributed by atoms with van der Waals surface area (Å²) >= 11 is 7.16. The molecule has 0 bridgehead atoms. The van der Waals surface area contributed by atoms with Crippen LogP contribution in [-0.4, -0.2) is 83.3 Å². The number of aliphatic imine (C=N–C) groups is 1. The zero-order valence-corrected chi connectivity index (χ0v) is 23.0. The lowest BCUT2D eigenvalue weighted by atomic mass is 9.77. The van der Waals surface area contributed by atoms with E-state index in [1.54, 1.807) is 20.2 Å². The van der Waals surface area contributed by atoms with Gasteiger partial charge in [-0.2, -0.15) is 0 Å². The maximum atomic E-state index is 12.9. The van der Waals surface area contributed by atoms with E-state index in [0.29, 0.717) is 29.3 Å². The van der Waals surface area contributed by atoms with Crippen molar-refractivity contribution in [2.45, 2.75) is 38.3 Å². The summed E-state index contributed by atoms with van der Waals surface area (Å²) in [6.45, 7) is 1.64. The first-order valence-corrected chi connectivity index (χ1v) is 13.5. The van der Waals surface area contributed by atoms with Gasteiger partial charge in [-0.15, -0.1) is 11.3 Å². The van der Waals surface area contributed by atoms with Crippen molar-refractivity contribution in [3.05, 3.63) is 38.9 Å². The molecule has 202 valence electrons. The second kappa shape index (κ2) is 12.1. The maximum Gasteiger partial charge on any atom is 0.314 e. The van der Waals surface area contributed by atoms with Crippen molar-refractivity contribution in [2.75, 3.05) is 33.0 Å². The summed E-state index contributed by atoms with van der Waals surface area (Å²) in [6.07, 6.45) is 5.01. The van der Waals surface area contributed by atoms with Crippen LogP contribution >= 0.6 is 22.9 Å². The van der Waals surface area contributed by atoms with Crippen molar-refractivity contribution in [1.82, 2.24) is 25.1 Å². The predicted molar refractivity (Wildman–Crippen MR) is 144 cm³/mol. The summed E-state index contributed by atoms with van der Waals surface area (Å²) in [7, 11) is 5.41. The van der Waals surface area contributed by atoms with Gasteiger partial charge in [0.05, 0.1) is 10.7 Å². The van der Waals surface area contributed by atoms with E-state index in [1.807, 2.05) is 7.05 Å². The Morgan fingerprint density at radius 1 is 1.21 bits per heavy atom. The second-order valence-electron chi connectivity index (χ2n) is 9.76. The van der Waals surface area contributed by atoms with Gasteiger partial charge in [0.15, 0.2) is 5.01 Å². The van der Waals surface area contributed by atoms with Crippen molar-refractivity contribution in [1.29, 1.82) is 0 Å². The Morgan fingerprint density at radius 3 is 2.71 bits per heavy atom. The molecule has 1 fully saturated rings. The quantitative estimate of drug-likeness (QED) is 0.422. The van der Waals surface area contributed by atoms with E-state index in [2.05, 4.69) is 30.5 Å². The predicted octanol–water partition coefficient (Wildman–Crippen LogP) is 2.02. The highest BCUT2D eigenvalue weighted by molar-refractivity contribution is 7.13. The zero-order valence-electron chi connectivity index (χ0n) is 21.4. The van der Waals surface area contributed by atoms with Gasteiger partial charge in [0.25, 0.3) is 0 Å². The summed E-state index contributed by atoms with van der Waals surface area (Å²) in [6, 6.07) is 2.56. The highest BCUT2D eigenvalue weighted by atomic mass is 35.5. The molecule has 0 radical (unpaired) electrons. The third-order valence-electron chi connectivity index (χ3n) is 6.67. The van der Waals surface area contributed by atoms with Gasteiger partial charge in [-0.25, -0.2) is 15.0 Å². The van der Waals surface area contributed by atoms with Gasteiger partial charge < -0.3 is 20.4 Å². The molecule has 11 nitrogen and oxygen atoms in total. The van der Waals surface area contributed by atoms with Gasteiger partial charge >= 0.3 is 17.7 Å². The number of nitrogens with zero attached hydrogens (tertiary/aromatic N) is 5. The van der Waals surface area contributed by atoms with E-state index in [1.165, 1.54) is 34.7 Å². The van der Waals surface area contributed by atoms with Gasteiger partial charge in [-0.1, -0.05) is 11.6 Å². The number of carbonyl (C=O) groups is 4. The molecule has 1 saturated carbocycles. The van der Waals surface area contributed by atoms with E-state index < -0.39 is 29.7 Å². The Morgan fingerprint density at radius 2 is 2.00 bits per heavy atom. The summed E-state index contributed by atoms with van der Waals surface area (Å²) < 4.78 is 0. The third kappa shape index (κ3) is 6.80. The number of carbonyl (C=O) groups excluding carboxylic acids is 4. The third-order valence-corrected chi connectivity index (χ3v) is 7.96. The van der Waals surface area contributed by atoms with Gasteiger partial charge in [0, 0.05) is 68.8 Å². The molecular formula is C25H30ClN7O4S. The van der Waals surface area contributed by atoms with E-state index in [-0.39, 0.29) is 17.6 Å². The molecule has 4 amide bonds. The van der Waals surface area contributed by atoms with Crippen LogP contribution in [0.5, 0.6) is 0 Å². The smallest absolute Gasteiger partial charge is 0.314 e. The van der Waals surface area contributed by atoms with Gasteiger partial charge in [-0.3, -0.25) is 19.2 Å². The van der Waals surface area contributed by atoms with E-state index >= 15 is 0 Å². The summed E-state index contributed by atoms with van der Waals surface area (Å²) in [5.41, 5.74) is 0.937. The van der Waals surface area contributed by atoms with E-state index in [0.717, 1.165) is 30.1 Å². The Labute approximate surface area is 229 Å². The Kier molecular flexibility index (Phi) is 8.85. The first kappa shape index (κ1) is 27.8. The molecule has 1 unspecified atom stereocenters. The molecule has 4 rings (SSSR count). The SMILES string of the molecule is CN1CCc2nc(C(=O)N=CC3C[C@@H](C(=O)N(C)C)CC[C@@H]3NC(=O)C(=O)Nc3ccc(Cl)cn3)sc2C1. The van der Waals surface area contributed by atoms with Crippen molar-refractivity contribution in [3.8, 4) is 0 Å². The number of hydrogen-bond donors (Lipinski definition) is 2. The van der Waals surface area contributed by atoms with Crippen LogP contribution in [0.15, 0.2) is 23.3 Å². The molecular weight excluding hydrogens is 530 g/mol. The number of likely N-dealkylation sites (N-methyl/N-ethyl adjacent to an activating group) is 1. The van der Waals surface area contributed by atoms with Crippen LogP contribution in [0.25, 0.3) is 0 Å². The minimum Gasteiger partial charge on any atom is -0.349 e. The number of rotatable bonds is 5. The number of nitrogens with one attached hydrogen (secondary N) is 2. The molecule has 3 atom stereocenters. The second-order valence-corrected chi connectivity index (χ2v) is 11.3. The van der Waals surface area contributed by atoms with Crippen LogP contribution in [0.4, 0.5) is 5.82 Å². The molecule has 0 spiro atoms. The summed E-state index contributed by atoms with van der Waals surface area (Å²) in [4.78, 5) is 68.0. The summed E-state index contributed by atoms with van der Waals surface area (Å²) in [5.74, 6) is -2.71. The van der Waals surface area contributed by atoms with Crippen molar-refractivity contribution in [3.63, 3.8) is 0 Å². The normalized spacial score (nSPS) is 21.5. The molecule has 3 heterocycles. The standard InChI is InChI=1S/C25H30ClN7O4S/c1-32(2)25(37)14-4-6-17(29-21(34)22(35)31-20-7-5-16(26)12-27-20)15(10-14)11-28-23(36)24-30-18-8-9-33(3)13-19(18)38-24/h5,7,11-12,14-15,17H,4,6,8-10,13H2,1-3H3,(H,29,34)(H,27,31,35)/t14-,15?,17-/m0/s1. The van der Waals surface area contributed by atoms with Crippen LogP contribution < -0.4 is 10.6 Å². The van der Waals surface area contributed by atoms with Gasteiger partial charge in [0.1, 0.15) is 5.82 Å². The highest BCUT2D eigenvalue weighted by Gasteiger charge is 2.35. The Bertz CT molecular complexity index is 1250. The number of pyridine rings is 1. The molecule has 0 saturated heterocycles.